The summed E-state index contributed by atoms with van der Waals surface area (Å²) >= 11 is 0. The van der Waals surface area contributed by atoms with E-state index >= 15 is 0 Å². The van der Waals surface area contributed by atoms with Crippen molar-refractivity contribution < 1.29 is 25.8 Å². The number of benzene rings is 3. The number of rotatable bonds is 7. The van der Waals surface area contributed by atoms with Crippen LogP contribution in [0.4, 0.5) is 13.2 Å². The summed E-state index contributed by atoms with van der Waals surface area (Å²) in [5, 5.41) is 2.49. The van der Waals surface area contributed by atoms with Crippen molar-refractivity contribution in [3.05, 3.63) is 84.4 Å². The molecule has 0 amide bonds. The summed E-state index contributed by atoms with van der Waals surface area (Å²) in [7, 11) is -8.87. The largest absolute Gasteiger partial charge is 0.534 e. The minimum atomic E-state index is -5.84. The maximum absolute atomic E-state index is 13.3. The van der Waals surface area contributed by atoms with Crippen molar-refractivity contribution in [1.29, 1.82) is 0 Å². The third-order valence-corrected chi connectivity index (χ3v) is 14.2. The van der Waals surface area contributed by atoms with Crippen molar-refractivity contribution in [2.24, 2.45) is 0 Å². The molecule has 4 rings (SSSR count). The molecule has 0 spiro atoms. The van der Waals surface area contributed by atoms with Gasteiger partial charge in [-0.2, -0.15) is 21.6 Å². The van der Waals surface area contributed by atoms with Crippen molar-refractivity contribution in [2.45, 2.75) is 51.2 Å². The molecule has 0 aliphatic heterocycles. The molecule has 0 atom stereocenters. The van der Waals surface area contributed by atoms with E-state index in [1.165, 1.54) is 12.1 Å². The minimum absolute atomic E-state index is 0.0145. The third kappa shape index (κ3) is 4.59. The number of para-hydroxylation sites is 2. The highest BCUT2D eigenvalue weighted by molar-refractivity contribution is 7.88. The molecule has 9 heteroatoms. The van der Waals surface area contributed by atoms with E-state index in [4.69, 9.17) is 4.18 Å². The van der Waals surface area contributed by atoms with Gasteiger partial charge in [-0.3, -0.25) is 0 Å². The Morgan fingerprint density at radius 3 is 2.00 bits per heavy atom. The molecule has 0 N–H and O–H groups in total. The molecule has 0 aliphatic rings. The fraction of sp³-hybridized carbons (Fsp3) is 0.286. The molecule has 0 unspecified atom stereocenters. The van der Waals surface area contributed by atoms with Crippen molar-refractivity contribution in [3.8, 4) is 11.4 Å². The van der Waals surface area contributed by atoms with E-state index in [0.29, 0.717) is 5.19 Å². The normalized spacial score (nSPS) is 13.0. The highest BCUT2D eigenvalue weighted by Gasteiger charge is 2.52. The number of hydrogen-bond acceptors (Lipinski definition) is 3. The smallest absolute Gasteiger partial charge is 0.376 e. The number of aromatic nitrogens is 1. The van der Waals surface area contributed by atoms with Gasteiger partial charge in [0, 0.05) is 11.0 Å². The lowest BCUT2D eigenvalue weighted by atomic mass is 10.2. The summed E-state index contributed by atoms with van der Waals surface area (Å²) in [5.74, 6) is -0.269. The molecule has 0 radical (unpaired) electrons. The average Bonchev–Trinajstić information content (AvgIpc) is 3.19. The first-order chi connectivity index (χ1) is 17.3. The first kappa shape index (κ1) is 27.0. The molecule has 0 saturated heterocycles. The van der Waals surface area contributed by atoms with Crippen LogP contribution in [0.5, 0.6) is 5.75 Å². The second-order valence-electron chi connectivity index (χ2n) is 9.92. The van der Waals surface area contributed by atoms with Gasteiger partial charge >= 0.3 is 15.6 Å². The Balaban J connectivity index is 2.10. The lowest BCUT2D eigenvalue weighted by Gasteiger charge is -2.41. The summed E-state index contributed by atoms with van der Waals surface area (Å²) in [6.45, 7) is 10.2. The second kappa shape index (κ2) is 9.68. The molecule has 4 aromatic rings. The molecule has 0 fully saturated rings. The van der Waals surface area contributed by atoms with Gasteiger partial charge in [-0.15, -0.1) is 0 Å². The van der Waals surface area contributed by atoms with Crippen molar-refractivity contribution in [3.63, 3.8) is 0 Å². The Morgan fingerprint density at radius 2 is 1.41 bits per heavy atom. The standard InChI is InChI=1S/C28H30F3NO3SSi/c1-19(2)37(20(3)4,26-13-9-8-12-25(26)35-36(33,34)28(29,30)31)27-18-22-10-6-7-11-24(22)32(27)23-16-14-21(5)15-17-23/h6-20H,1-5H3. The number of aryl methyl sites for hydroxylation is 1. The predicted molar refractivity (Wildman–Crippen MR) is 145 cm³/mol. The number of hydrogen-bond donors (Lipinski definition) is 0. The number of halogens is 3. The Morgan fingerprint density at radius 1 is 0.838 bits per heavy atom. The lowest BCUT2D eigenvalue weighted by molar-refractivity contribution is -0.0499. The highest BCUT2D eigenvalue weighted by Crippen LogP contribution is 2.38. The average molecular weight is 546 g/mol. The highest BCUT2D eigenvalue weighted by atomic mass is 32.2. The van der Waals surface area contributed by atoms with Crippen molar-refractivity contribution in [1.82, 2.24) is 4.57 Å². The van der Waals surface area contributed by atoms with E-state index < -0.39 is 23.7 Å². The maximum atomic E-state index is 13.3. The molecule has 4 nitrogen and oxygen atoms in total. The Kier molecular flexibility index (Phi) is 7.07. The maximum Gasteiger partial charge on any atom is 0.534 e. The molecule has 0 saturated carbocycles. The van der Waals surface area contributed by atoms with E-state index in [9.17, 15) is 21.6 Å². The predicted octanol–water partition coefficient (Wildman–Crippen LogP) is 6.55. The van der Waals surface area contributed by atoms with Crippen LogP contribution < -0.4 is 14.7 Å². The summed E-state index contributed by atoms with van der Waals surface area (Å²) in [6, 6.07) is 24.4. The Labute approximate surface area is 216 Å². The zero-order chi connectivity index (χ0) is 27.2. The zero-order valence-corrected chi connectivity index (χ0v) is 23.2. The first-order valence-electron chi connectivity index (χ1n) is 12.1. The van der Waals surface area contributed by atoms with Gasteiger partial charge in [-0.25, -0.2) is 0 Å². The van der Waals surface area contributed by atoms with Gasteiger partial charge in [-0.05, 0) is 58.9 Å². The molecular weight excluding hydrogens is 515 g/mol. The van der Waals surface area contributed by atoms with Gasteiger partial charge in [-0.1, -0.05) is 81.8 Å². The summed E-state index contributed by atoms with van der Waals surface area (Å²) in [4.78, 5) is 0. The second-order valence-corrected chi connectivity index (χ2v) is 16.6. The molecule has 0 aliphatic carbocycles. The first-order valence-corrected chi connectivity index (χ1v) is 15.6. The van der Waals surface area contributed by atoms with Gasteiger partial charge in [0.2, 0.25) is 0 Å². The topological polar surface area (TPSA) is 48.3 Å². The lowest BCUT2D eigenvalue weighted by Crippen LogP contribution is -2.65. The van der Waals surface area contributed by atoms with Crippen molar-refractivity contribution >= 4 is 39.6 Å². The third-order valence-electron chi connectivity index (χ3n) is 7.06. The monoisotopic (exact) mass is 545 g/mol. The summed E-state index contributed by atoms with van der Waals surface area (Å²) < 4.78 is 71.2. The van der Waals surface area contributed by atoms with Crippen LogP contribution in [-0.2, 0) is 10.1 Å². The van der Waals surface area contributed by atoms with Crippen LogP contribution in [-0.4, -0.2) is 26.6 Å². The number of nitrogens with zero attached hydrogens (tertiary/aromatic N) is 1. The number of alkyl halides is 3. The van der Waals surface area contributed by atoms with Gasteiger partial charge in [0.1, 0.15) is 13.8 Å². The molecule has 1 heterocycles. The molecule has 37 heavy (non-hydrogen) atoms. The Bertz CT molecular complexity index is 1520. The van der Waals surface area contributed by atoms with E-state index in [-0.39, 0.29) is 16.8 Å². The van der Waals surface area contributed by atoms with E-state index in [0.717, 1.165) is 27.5 Å². The molecule has 0 bridgehead atoms. The fourth-order valence-electron chi connectivity index (χ4n) is 5.50. The van der Waals surface area contributed by atoms with Crippen LogP contribution in [0, 0.1) is 6.92 Å². The Hall–Kier alpha value is -3.04. The number of fused-ring (bicyclic) bond motifs is 1. The molecule has 1 aromatic heterocycles. The van der Waals surface area contributed by atoms with Gasteiger partial charge < -0.3 is 8.75 Å². The summed E-state index contributed by atoms with van der Waals surface area (Å²) in [5.41, 5.74) is -2.55. The van der Waals surface area contributed by atoms with Gasteiger partial charge in [0.25, 0.3) is 0 Å². The van der Waals surface area contributed by atoms with Crippen LogP contribution >= 0.6 is 0 Å². The van der Waals surface area contributed by atoms with Crippen LogP contribution in [0.15, 0.2) is 78.9 Å². The van der Waals surface area contributed by atoms with Crippen molar-refractivity contribution in [2.75, 3.05) is 0 Å². The summed E-state index contributed by atoms with van der Waals surface area (Å²) in [6.07, 6.45) is 0. The molecular formula is C28H30F3NO3SSi. The molecule has 3 aromatic carbocycles. The van der Waals surface area contributed by atoms with Crippen LogP contribution in [0.25, 0.3) is 16.6 Å². The van der Waals surface area contributed by atoms with Gasteiger partial charge in [0.15, 0.2) is 0 Å². The fourth-order valence-corrected chi connectivity index (χ4v) is 12.0. The SMILES string of the molecule is Cc1ccc(-n2c([Si](c3ccccc3OS(=O)(=O)C(F)(F)F)(C(C)C)C(C)C)cc3ccccc32)cc1. The van der Waals surface area contributed by atoms with Crippen LogP contribution in [0.2, 0.25) is 11.1 Å². The zero-order valence-electron chi connectivity index (χ0n) is 21.4. The van der Waals surface area contributed by atoms with E-state index in [1.807, 2.05) is 55.5 Å². The van der Waals surface area contributed by atoms with E-state index in [2.05, 4.69) is 38.3 Å². The molecule has 196 valence electrons. The van der Waals surface area contributed by atoms with Gasteiger partial charge in [0.05, 0.1) is 5.52 Å². The minimum Gasteiger partial charge on any atom is -0.376 e. The van der Waals surface area contributed by atoms with Crippen LogP contribution in [0.3, 0.4) is 0 Å². The quantitative estimate of drug-likeness (QED) is 0.150. The van der Waals surface area contributed by atoms with E-state index in [1.54, 1.807) is 12.1 Å². The van der Waals surface area contributed by atoms with Crippen LogP contribution in [0.1, 0.15) is 33.3 Å².